The largest absolute Gasteiger partial charge is 0.383 e. The number of aromatic nitrogens is 2. The monoisotopic (exact) mass is 323 g/mol. The van der Waals surface area contributed by atoms with Gasteiger partial charge in [0.2, 0.25) is 0 Å². The van der Waals surface area contributed by atoms with Crippen LogP contribution in [0.1, 0.15) is 30.1 Å². The average Bonchev–Trinajstić information content (AvgIpc) is 3.26. The van der Waals surface area contributed by atoms with Crippen molar-refractivity contribution in [3.8, 4) is 12.3 Å². The number of amides is 1. The Labute approximate surface area is 142 Å². The van der Waals surface area contributed by atoms with Crippen molar-refractivity contribution < 1.29 is 9.53 Å². The zero-order chi connectivity index (χ0) is 16.9. The van der Waals surface area contributed by atoms with Crippen LogP contribution in [0.5, 0.6) is 0 Å². The van der Waals surface area contributed by atoms with Gasteiger partial charge in [0.25, 0.3) is 5.91 Å². The summed E-state index contributed by atoms with van der Waals surface area (Å²) in [6.45, 7) is 1.32. The molecule has 0 N–H and O–H groups in total. The van der Waals surface area contributed by atoms with E-state index in [1.165, 1.54) is 0 Å². The van der Waals surface area contributed by atoms with Crippen molar-refractivity contribution in [1.29, 1.82) is 0 Å². The van der Waals surface area contributed by atoms with E-state index in [9.17, 15) is 4.79 Å². The van der Waals surface area contributed by atoms with E-state index in [0.29, 0.717) is 12.3 Å². The van der Waals surface area contributed by atoms with Gasteiger partial charge in [-0.05, 0) is 24.3 Å². The van der Waals surface area contributed by atoms with Crippen LogP contribution in [-0.4, -0.2) is 46.7 Å². The molecule has 1 aromatic carbocycles. The number of hydrogen-bond acceptors (Lipinski definition) is 3. The second-order valence-electron chi connectivity index (χ2n) is 5.95. The van der Waals surface area contributed by atoms with Gasteiger partial charge in [-0.2, -0.15) is 0 Å². The summed E-state index contributed by atoms with van der Waals surface area (Å²) in [6, 6.07) is 9.40. The molecule has 1 unspecified atom stereocenters. The highest BCUT2D eigenvalue weighted by atomic mass is 16.5. The molecule has 5 heteroatoms. The van der Waals surface area contributed by atoms with Crippen LogP contribution in [0.3, 0.4) is 0 Å². The highest BCUT2D eigenvalue weighted by Gasteiger charge is 2.34. The molecule has 1 fully saturated rings. The minimum atomic E-state index is -0.460. The minimum absolute atomic E-state index is 0.0571. The number of carbonyl (C=O) groups excluding carboxylic acids is 1. The maximum absolute atomic E-state index is 13.3. The van der Waals surface area contributed by atoms with Crippen LogP contribution in [0.2, 0.25) is 0 Å². The lowest BCUT2D eigenvalue weighted by atomic mass is 10.0. The molecule has 24 heavy (non-hydrogen) atoms. The van der Waals surface area contributed by atoms with Gasteiger partial charge >= 0.3 is 0 Å². The molecule has 0 bridgehead atoms. The van der Waals surface area contributed by atoms with E-state index >= 15 is 0 Å². The molecule has 1 aliphatic rings. The summed E-state index contributed by atoms with van der Waals surface area (Å²) in [5.41, 5.74) is 1.45. The van der Waals surface area contributed by atoms with E-state index in [4.69, 9.17) is 11.2 Å². The Balaban J connectivity index is 1.95. The van der Waals surface area contributed by atoms with Gasteiger partial charge in [0, 0.05) is 19.9 Å². The second-order valence-corrected chi connectivity index (χ2v) is 5.95. The lowest BCUT2D eigenvalue weighted by Gasteiger charge is -2.29. The topological polar surface area (TPSA) is 47.4 Å². The number of benzene rings is 1. The first-order valence-corrected chi connectivity index (χ1v) is 8.09. The first-order chi connectivity index (χ1) is 11.7. The number of rotatable bonds is 5. The molecule has 0 aliphatic carbocycles. The van der Waals surface area contributed by atoms with Crippen LogP contribution in [0.25, 0.3) is 0 Å². The van der Waals surface area contributed by atoms with Gasteiger partial charge in [-0.1, -0.05) is 30.3 Å². The molecule has 3 rings (SSSR count). The number of carbonyl (C=O) groups is 1. The van der Waals surface area contributed by atoms with Crippen molar-refractivity contribution in [2.24, 2.45) is 0 Å². The van der Waals surface area contributed by atoms with Crippen molar-refractivity contribution in [3.63, 3.8) is 0 Å². The molecule has 5 nitrogen and oxygen atoms in total. The van der Waals surface area contributed by atoms with Crippen molar-refractivity contribution >= 4 is 5.91 Å². The van der Waals surface area contributed by atoms with Crippen LogP contribution in [0.4, 0.5) is 0 Å². The number of methoxy groups -OCH3 is 1. The lowest BCUT2D eigenvalue weighted by Crippen LogP contribution is -2.42. The summed E-state index contributed by atoms with van der Waals surface area (Å²) in [5, 5.41) is 0. The third-order valence-corrected chi connectivity index (χ3v) is 4.42. The Kier molecular flexibility index (Phi) is 4.97. The average molecular weight is 323 g/mol. The molecule has 2 heterocycles. The summed E-state index contributed by atoms with van der Waals surface area (Å²) in [6.07, 6.45) is 10.8. The van der Waals surface area contributed by atoms with E-state index in [-0.39, 0.29) is 11.9 Å². The van der Waals surface area contributed by atoms with Crippen LogP contribution >= 0.6 is 0 Å². The van der Waals surface area contributed by atoms with Crippen molar-refractivity contribution in [3.05, 3.63) is 54.1 Å². The number of ether oxygens (including phenoxy) is 1. The normalized spacial score (nSPS) is 18.3. The van der Waals surface area contributed by atoms with E-state index < -0.39 is 6.04 Å². The number of nitrogens with zero attached hydrogens (tertiary/aromatic N) is 3. The summed E-state index contributed by atoms with van der Waals surface area (Å²) in [7, 11) is 1.67. The standard InChI is InChI=1S/C19H21N3O2/c1-3-16-12-21(14-20-16)18(15-8-5-4-6-9-15)19(23)22-11-7-10-17(22)13-24-2/h1,4-6,8-9,12,14,17-18H,7,10-11,13H2,2H3/t17-,18?/m1/s1. The zero-order valence-electron chi connectivity index (χ0n) is 13.8. The highest BCUT2D eigenvalue weighted by Crippen LogP contribution is 2.26. The Morgan fingerprint density at radius 1 is 1.46 bits per heavy atom. The maximum Gasteiger partial charge on any atom is 0.250 e. The molecule has 124 valence electrons. The summed E-state index contributed by atoms with van der Waals surface area (Å²) in [4.78, 5) is 19.4. The predicted molar refractivity (Wildman–Crippen MR) is 91.4 cm³/mol. The smallest absolute Gasteiger partial charge is 0.250 e. The Morgan fingerprint density at radius 2 is 2.25 bits per heavy atom. The van der Waals surface area contributed by atoms with Gasteiger partial charge < -0.3 is 14.2 Å². The second kappa shape index (κ2) is 7.33. The van der Waals surface area contributed by atoms with E-state index in [1.807, 2.05) is 35.2 Å². The van der Waals surface area contributed by atoms with Crippen LogP contribution in [-0.2, 0) is 9.53 Å². The van der Waals surface area contributed by atoms with Crippen LogP contribution in [0.15, 0.2) is 42.9 Å². The Bertz CT molecular complexity index is 733. The van der Waals surface area contributed by atoms with Gasteiger partial charge in [-0.3, -0.25) is 4.79 Å². The minimum Gasteiger partial charge on any atom is -0.383 e. The molecular weight excluding hydrogens is 302 g/mol. The molecule has 1 aliphatic heterocycles. The van der Waals surface area contributed by atoms with Crippen molar-refractivity contribution in [2.45, 2.75) is 24.9 Å². The fraction of sp³-hybridized carbons (Fsp3) is 0.368. The molecule has 1 aromatic heterocycles. The number of terminal acetylenes is 1. The van der Waals surface area contributed by atoms with Crippen molar-refractivity contribution in [2.75, 3.05) is 20.3 Å². The molecule has 2 atom stereocenters. The van der Waals surface area contributed by atoms with Crippen molar-refractivity contribution in [1.82, 2.24) is 14.5 Å². The number of imidazole rings is 1. The Morgan fingerprint density at radius 3 is 2.92 bits per heavy atom. The number of hydrogen-bond donors (Lipinski definition) is 0. The third-order valence-electron chi connectivity index (χ3n) is 4.42. The maximum atomic E-state index is 13.3. The van der Waals surface area contributed by atoms with E-state index in [1.54, 1.807) is 24.2 Å². The molecule has 0 radical (unpaired) electrons. The fourth-order valence-corrected chi connectivity index (χ4v) is 3.28. The predicted octanol–water partition coefficient (Wildman–Crippen LogP) is 2.09. The van der Waals surface area contributed by atoms with Gasteiger partial charge in [0.1, 0.15) is 11.7 Å². The summed E-state index contributed by atoms with van der Waals surface area (Å²) >= 11 is 0. The summed E-state index contributed by atoms with van der Waals surface area (Å²) < 4.78 is 7.08. The first-order valence-electron chi connectivity index (χ1n) is 8.09. The molecule has 1 saturated heterocycles. The van der Waals surface area contributed by atoms with E-state index in [0.717, 1.165) is 24.9 Å². The quantitative estimate of drug-likeness (QED) is 0.792. The molecule has 2 aromatic rings. The van der Waals surface area contributed by atoms with E-state index in [2.05, 4.69) is 10.9 Å². The van der Waals surface area contributed by atoms with Crippen LogP contribution < -0.4 is 0 Å². The van der Waals surface area contributed by atoms with Gasteiger partial charge in [0.05, 0.1) is 19.0 Å². The SMILES string of the molecule is C#Cc1cn(C(C(=O)N2CCC[C@@H]2COC)c2ccccc2)cn1. The Hall–Kier alpha value is -2.58. The summed E-state index contributed by atoms with van der Waals surface area (Å²) in [5.74, 6) is 2.57. The molecular formula is C19H21N3O2. The van der Waals surface area contributed by atoms with Gasteiger partial charge in [0.15, 0.2) is 0 Å². The first kappa shape index (κ1) is 16.3. The van der Waals surface area contributed by atoms with Crippen LogP contribution in [0, 0.1) is 12.3 Å². The molecule has 1 amide bonds. The van der Waals surface area contributed by atoms with Gasteiger partial charge in [-0.25, -0.2) is 4.98 Å². The lowest BCUT2D eigenvalue weighted by molar-refractivity contribution is -0.135. The molecule has 0 spiro atoms. The third kappa shape index (κ3) is 3.19. The number of likely N-dealkylation sites (tertiary alicyclic amines) is 1. The van der Waals surface area contributed by atoms with Gasteiger partial charge in [-0.15, -0.1) is 6.42 Å². The fourth-order valence-electron chi connectivity index (χ4n) is 3.28. The highest BCUT2D eigenvalue weighted by molar-refractivity contribution is 5.84. The molecule has 0 saturated carbocycles. The zero-order valence-corrected chi connectivity index (χ0v) is 13.8.